The van der Waals surface area contributed by atoms with Crippen LogP contribution in [0.3, 0.4) is 0 Å². The Morgan fingerprint density at radius 1 is 1.25 bits per heavy atom. The van der Waals surface area contributed by atoms with E-state index in [4.69, 9.17) is 0 Å². The third kappa shape index (κ3) is 6.45. The molecule has 0 aliphatic heterocycles. The number of nitrogens with one attached hydrogen (secondary N) is 2. The zero-order valence-corrected chi connectivity index (χ0v) is 11.3. The van der Waals surface area contributed by atoms with Crippen LogP contribution in [0.25, 0.3) is 0 Å². The lowest BCUT2D eigenvalue weighted by Crippen LogP contribution is -2.38. The Bertz CT molecular complexity index is 297. The molecule has 0 bridgehead atoms. The second-order valence-corrected chi connectivity index (χ2v) is 7.00. The summed E-state index contributed by atoms with van der Waals surface area (Å²) in [5.74, 6) is 0.923. The van der Waals surface area contributed by atoms with Gasteiger partial charge in [0.05, 0.1) is 5.75 Å². The van der Waals surface area contributed by atoms with Gasteiger partial charge in [-0.1, -0.05) is 26.7 Å². The van der Waals surface area contributed by atoms with Crippen molar-refractivity contribution in [2.45, 2.75) is 52.1 Å². The molecule has 1 atom stereocenters. The Morgan fingerprint density at radius 2 is 1.88 bits per heavy atom. The highest BCUT2D eigenvalue weighted by Crippen LogP contribution is 2.33. The van der Waals surface area contributed by atoms with Crippen molar-refractivity contribution in [3.05, 3.63) is 0 Å². The van der Waals surface area contributed by atoms with Crippen LogP contribution in [0.2, 0.25) is 0 Å². The Hall–Kier alpha value is -0.130. The Kier molecular flexibility index (Phi) is 5.21. The fourth-order valence-electron chi connectivity index (χ4n) is 1.75. The summed E-state index contributed by atoms with van der Waals surface area (Å²) in [6.45, 7) is 6.49. The summed E-state index contributed by atoms with van der Waals surface area (Å²) >= 11 is 0. The molecule has 1 fully saturated rings. The minimum absolute atomic E-state index is 0.0801. The third-order valence-electron chi connectivity index (χ3n) is 2.69. The van der Waals surface area contributed by atoms with E-state index in [-0.39, 0.29) is 11.8 Å². The number of hydrogen-bond acceptors (Lipinski definition) is 3. The fourth-order valence-corrected chi connectivity index (χ4v) is 2.96. The standard InChI is InChI=1S/C11H24N2O2S/c1-9(2)12-6-7-16(14,15)13-10(3)8-11-4-5-11/h9-13H,4-8H2,1-3H3. The molecule has 16 heavy (non-hydrogen) atoms. The molecular formula is C11H24N2O2S. The van der Waals surface area contributed by atoms with Crippen molar-refractivity contribution in [2.24, 2.45) is 5.92 Å². The van der Waals surface area contributed by atoms with Crippen LogP contribution >= 0.6 is 0 Å². The lowest BCUT2D eigenvalue weighted by molar-refractivity contribution is 0.525. The van der Waals surface area contributed by atoms with E-state index in [1.807, 2.05) is 20.8 Å². The van der Waals surface area contributed by atoms with E-state index < -0.39 is 10.0 Å². The first kappa shape index (κ1) is 13.9. The van der Waals surface area contributed by atoms with Crippen molar-refractivity contribution in [2.75, 3.05) is 12.3 Å². The van der Waals surface area contributed by atoms with E-state index in [0.717, 1.165) is 12.3 Å². The smallest absolute Gasteiger partial charge is 0.213 e. The van der Waals surface area contributed by atoms with Gasteiger partial charge < -0.3 is 5.32 Å². The van der Waals surface area contributed by atoms with Crippen LogP contribution < -0.4 is 10.0 Å². The largest absolute Gasteiger partial charge is 0.313 e. The Balaban J connectivity index is 2.21. The average Bonchev–Trinajstić information content (AvgIpc) is 2.85. The van der Waals surface area contributed by atoms with Gasteiger partial charge in [-0.3, -0.25) is 0 Å². The van der Waals surface area contributed by atoms with Gasteiger partial charge in [-0.25, -0.2) is 13.1 Å². The molecular weight excluding hydrogens is 224 g/mol. The predicted octanol–water partition coefficient (Wildman–Crippen LogP) is 1.09. The first-order valence-corrected chi connectivity index (χ1v) is 7.77. The summed E-state index contributed by atoms with van der Waals surface area (Å²) in [6.07, 6.45) is 3.51. The van der Waals surface area contributed by atoms with E-state index >= 15 is 0 Å². The average molecular weight is 248 g/mol. The van der Waals surface area contributed by atoms with E-state index in [1.165, 1.54) is 12.8 Å². The summed E-state index contributed by atoms with van der Waals surface area (Å²) < 4.78 is 26.1. The lowest BCUT2D eigenvalue weighted by atomic mass is 10.2. The maximum Gasteiger partial charge on any atom is 0.213 e. The molecule has 0 aromatic carbocycles. The van der Waals surface area contributed by atoms with Crippen molar-refractivity contribution >= 4 is 10.0 Å². The summed E-state index contributed by atoms with van der Waals surface area (Å²) in [4.78, 5) is 0. The minimum atomic E-state index is -3.11. The van der Waals surface area contributed by atoms with Gasteiger partial charge in [-0.15, -0.1) is 0 Å². The molecule has 0 radical (unpaired) electrons. The zero-order valence-electron chi connectivity index (χ0n) is 10.5. The van der Waals surface area contributed by atoms with Gasteiger partial charge in [0.1, 0.15) is 0 Å². The highest BCUT2D eigenvalue weighted by atomic mass is 32.2. The van der Waals surface area contributed by atoms with Crippen molar-refractivity contribution in [3.8, 4) is 0 Å². The van der Waals surface area contributed by atoms with Gasteiger partial charge in [0.25, 0.3) is 0 Å². The SMILES string of the molecule is CC(C)NCCS(=O)(=O)NC(C)CC1CC1. The summed E-state index contributed by atoms with van der Waals surface area (Å²) in [5.41, 5.74) is 0. The Morgan fingerprint density at radius 3 is 2.38 bits per heavy atom. The zero-order chi connectivity index (χ0) is 12.2. The topological polar surface area (TPSA) is 58.2 Å². The first-order valence-electron chi connectivity index (χ1n) is 6.12. The van der Waals surface area contributed by atoms with Crippen molar-refractivity contribution in [3.63, 3.8) is 0 Å². The molecule has 1 aliphatic carbocycles. The van der Waals surface area contributed by atoms with Crippen molar-refractivity contribution in [1.82, 2.24) is 10.0 Å². The minimum Gasteiger partial charge on any atom is -0.313 e. The van der Waals surface area contributed by atoms with Crippen LogP contribution in [-0.2, 0) is 10.0 Å². The monoisotopic (exact) mass is 248 g/mol. The molecule has 0 saturated heterocycles. The van der Waals surface area contributed by atoms with Crippen LogP contribution in [0.5, 0.6) is 0 Å². The van der Waals surface area contributed by atoms with Crippen LogP contribution in [0, 0.1) is 5.92 Å². The summed E-state index contributed by atoms with van der Waals surface area (Å²) in [7, 11) is -3.11. The molecule has 1 unspecified atom stereocenters. The van der Waals surface area contributed by atoms with Crippen LogP contribution in [0.4, 0.5) is 0 Å². The number of rotatable bonds is 8. The van der Waals surface area contributed by atoms with E-state index in [1.54, 1.807) is 0 Å². The highest BCUT2D eigenvalue weighted by Gasteiger charge is 2.25. The van der Waals surface area contributed by atoms with Crippen LogP contribution in [0.1, 0.15) is 40.0 Å². The van der Waals surface area contributed by atoms with Gasteiger partial charge in [0.15, 0.2) is 0 Å². The van der Waals surface area contributed by atoms with Gasteiger partial charge in [-0.05, 0) is 19.3 Å². The molecule has 1 saturated carbocycles. The summed E-state index contributed by atoms with van der Waals surface area (Å²) in [6, 6.07) is 0.413. The molecule has 2 N–H and O–H groups in total. The lowest BCUT2D eigenvalue weighted by Gasteiger charge is -2.14. The molecule has 0 aromatic rings. The van der Waals surface area contributed by atoms with Crippen LogP contribution in [0.15, 0.2) is 0 Å². The molecule has 4 nitrogen and oxygen atoms in total. The van der Waals surface area contributed by atoms with Crippen LogP contribution in [-0.4, -0.2) is 32.8 Å². The normalized spacial score (nSPS) is 19.0. The first-order chi connectivity index (χ1) is 7.39. The quantitative estimate of drug-likeness (QED) is 0.676. The molecule has 1 aliphatic rings. The van der Waals surface area contributed by atoms with E-state index in [9.17, 15) is 8.42 Å². The molecule has 96 valence electrons. The fraction of sp³-hybridized carbons (Fsp3) is 1.00. The number of hydrogen-bond donors (Lipinski definition) is 2. The van der Waals surface area contributed by atoms with Crippen molar-refractivity contribution < 1.29 is 8.42 Å². The van der Waals surface area contributed by atoms with Crippen molar-refractivity contribution in [1.29, 1.82) is 0 Å². The van der Waals surface area contributed by atoms with Gasteiger partial charge in [0, 0.05) is 18.6 Å². The van der Waals surface area contributed by atoms with Gasteiger partial charge in [0.2, 0.25) is 10.0 Å². The molecule has 0 amide bonds. The maximum absolute atomic E-state index is 11.7. The molecule has 0 spiro atoms. The van der Waals surface area contributed by atoms with E-state index in [0.29, 0.717) is 12.6 Å². The maximum atomic E-state index is 11.7. The Labute approximate surface area is 99.2 Å². The second-order valence-electron chi connectivity index (χ2n) is 5.13. The third-order valence-corrected chi connectivity index (χ3v) is 4.19. The van der Waals surface area contributed by atoms with E-state index in [2.05, 4.69) is 10.0 Å². The predicted molar refractivity (Wildman–Crippen MR) is 66.9 cm³/mol. The molecule has 5 heteroatoms. The van der Waals surface area contributed by atoms with Gasteiger partial charge in [-0.2, -0.15) is 0 Å². The molecule has 1 rings (SSSR count). The van der Waals surface area contributed by atoms with Gasteiger partial charge >= 0.3 is 0 Å². The highest BCUT2D eigenvalue weighted by molar-refractivity contribution is 7.89. The summed E-state index contributed by atoms with van der Waals surface area (Å²) in [5, 5.41) is 3.11. The molecule has 0 heterocycles. The molecule has 0 aromatic heterocycles. The second kappa shape index (κ2) is 5.98. The number of sulfonamides is 1.